The van der Waals surface area contributed by atoms with Gasteiger partial charge in [0.15, 0.2) is 11.7 Å². The van der Waals surface area contributed by atoms with Crippen molar-refractivity contribution in [1.29, 1.82) is 0 Å². The van der Waals surface area contributed by atoms with Gasteiger partial charge in [-0.3, -0.25) is 10.1 Å². The number of anilines is 2. The molecule has 0 atom stereocenters. The highest BCUT2D eigenvalue weighted by Gasteiger charge is 2.28. The summed E-state index contributed by atoms with van der Waals surface area (Å²) in [4.78, 5) is 10.3. The second-order valence-electron chi connectivity index (χ2n) is 5.77. The van der Waals surface area contributed by atoms with Gasteiger partial charge in [0, 0.05) is 17.8 Å². The standard InChI is InChI=1S/C17H16F3N3O3S/c1-10-3-4-11(2)15(5-10)22-16(27)21-12-6-13(23(24)25)8-14(7-12)26-9-17(18,19)20/h3-8H,9H2,1-2H3,(H2,21,22,27). The molecule has 0 aliphatic carbocycles. The van der Waals surface area contributed by atoms with Crippen molar-refractivity contribution in [3.63, 3.8) is 0 Å². The topological polar surface area (TPSA) is 76.4 Å². The van der Waals surface area contributed by atoms with Crippen LogP contribution in [-0.2, 0) is 0 Å². The molecule has 27 heavy (non-hydrogen) atoms. The Morgan fingerprint density at radius 1 is 1.19 bits per heavy atom. The molecule has 0 bridgehead atoms. The van der Waals surface area contributed by atoms with Crippen molar-refractivity contribution in [3.8, 4) is 5.75 Å². The highest BCUT2D eigenvalue weighted by molar-refractivity contribution is 7.80. The van der Waals surface area contributed by atoms with Crippen LogP contribution in [0, 0.1) is 24.0 Å². The van der Waals surface area contributed by atoms with Crippen molar-refractivity contribution in [1.82, 2.24) is 0 Å². The lowest BCUT2D eigenvalue weighted by atomic mass is 10.1. The number of nitro groups is 1. The van der Waals surface area contributed by atoms with E-state index in [2.05, 4.69) is 15.4 Å². The van der Waals surface area contributed by atoms with Gasteiger partial charge < -0.3 is 15.4 Å². The molecule has 0 fully saturated rings. The lowest BCUT2D eigenvalue weighted by Gasteiger charge is -2.14. The second kappa shape index (κ2) is 8.21. The van der Waals surface area contributed by atoms with Crippen molar-refractivity contribution < 1.29 is 22.8 Å². The fraction of sp³-hybridized carbons (Fsp3) is 0.235. The van der Waals surface area contributed by atoms with Crippen LogP contribution in [0.15, 0.2) is 36.4 Å². The third-order valence-electron chi connectivity index (χ3n) is 3.40. The van der Waals surface area contributed by atoms with Gasteiger partial charge in [-0.1, -0.05) is 12.1 Å². The molecule has 0 aliphatic rings. The van der Waals surface area contributed by atoms with Crippen molar-refractivity contribution >= 4 is 34.4 Å². The summed E-state index contributed by atoms with van der Waals surface area (Å²) in [6, 6.07) is 8.97. The number of hydrogen-bond donors (Lipinski definition) is 2. The molecular weight excluding hydrogens is 383 g/mol. The van der Waals surface area contributed by atoms with Crippen LogP contribution in [0.3, 0.4) is 0 Å². The van der Waals surface area contributed by atoms with E-state index in [9.17, 15) is 23.3 Å². The molecule has 2 aromatic rings. The Morgan fingerprint density at radius 3 is 2.52 bits per heavy atom. The van der Waals surface area contributed by atoms with Crippen LogP contribution >= 0.6 is 12.2 Å². The Balaban J connectivity index is 2.18. The average Bonchev–Trinajstić information content (AvgIpc) is 2.55. The highest BCUT2D eigenvalue weighted by atomic mass is 32.1. The molecule has 0 radical (unpaired) electrons. The number of hydrogen-bond acceptors (Lipinski definition) is 4. The van der Waals surface area contributed by atoms with Crippen molar-refractivity contribution in [2.24, 2.45) is 0 Å². The van der Waals surface area contributed by atoms with Gasteiger partial charge in [-0.2, -0.15) is 13.2 Å². The van der Waals surface area contributed by atoms with E-state index >= 15 is 0 Å². The Kier molecular flexibility index (Phi) is 6.21. The zero-order valence-corrected chi connectivity index (χ0v) is 15.2. The lowest BCUT2D eigenvalue weighted by molar-refractivity contribution is -0.384. The second-order valence-corrected chi connectivity index (χ2v) is 6.18. The molecule has 0 heterocycles. The van der Waals surface area contributed by atoms with E-state index in [0.717, 1.165) is 28.9 Å². The first-order valence-corrected chi connectivity index (χ1v) is 8.08. The Hall–Kier alpha value is -2.88. The zero-order chi connectivity index (χ0) is 20.2. The first-order valence-electron chi connectivity index (χ1n) is 7.68. The van der Waals surface area contributed by atoms with Crippen LogP contribution in [0.1, 0.15) is 11.1 Å². The summed E-state index contributed by atoms with van der Waals surface area (Å²) in [6.07, 6.45) is -4.56. The Bertz CT molecular complexity index is 872. The molecular formula is C17H16F3N3O3S. The first-order chi connectivity index (χ1) is 12.5. The third-order valence-corrected chi connectivity index (χ3v) is 3.61. The van der Waals surface area contributed by atoms with E-state index in [-0.39, 0.29) is 16.5 Å². The minimum absolute atomic E-state index is 0.129. The maximum Gasteiger partial charge on any atom is 0.422 e. The van der Waals surface area contributed by atoms with E-state index in [4.69, 9.17) is 12.2 Å². The van der Waals surface area contributed by atoms with Gasteiger partial charge in [-0.05, 0) is 43.3 Å². The summed E-state index contributed by atoms with van der Waals surface area (Å²) in [6.45, 7) is 2.23. The lowest BCUT2D eigenvalue weighted by Crippen LogP contribution is -2.21. The molecule has 2 aromatic carbocycles. The van der Waals surface area contributed by atoms with Gasteiger partial charge in [-0.25, -0.2) is 0 Å². The fourth-order valence-corrected chi connectivity index (χ4v) is 2.39. The Morgan fingerprint density at radius 2 is 1.89 bits per heavy atom. The molecule has 2 N–H and O–H groups in total. The average molecular weight is 399 g/mol. The van der Waals surface area contributed by atoms with Gasteiger partial charge >= 0.3 is 6.18 Å². The van der Waals surface area contributed by atoms with Crippen LogP contribution in [0.4, 0.5) is 30.2 Å². The molecule has 144 valence electrons. The minimum Gasteiger partial charge on any atom is -0.484 e. The number of rotatable bonds is 5. The van der Waals surface area contributed by atoms with Crippen LogP contribution in [-0.4, -0.2) is 22.8 Å². The first kappa shape index (κ1) is 20.4. The number of benzene rings is 2. The smallest absolute Gasteiger partial charge is 0.422 e. The number of non-ortho nitro benzene ring substituents is 1. The van der Waals surface area contributed by atoms with Crippen LogP contribution in [0.2, 0.25) is 0 Å². The number of thiocarbonyl (C=S) groups is 1. The van der Waals surface area contributed by atoms with E-state index < -0.39 is 23.4 Å². The van der Waals surface area contributed by atoms with Gasteiger partial charge in [0.1, 0.15) is 5.75 Å². The zero-order valence-electron chi connectivity index (χ0n) is 14.4. The Labute approximate surface area is 158 Å². The van der Waals surface area contributed by atoms with Crippen molar-refractivity contribution in [3.05, 3.63) is 57.6 Å². The molecule has 0 spiro atoms. The molecule has 2 rings (SSSR count). The van der Waals surface area contributed by atoms with Gasteiger partial charge in [0.2, 0.25) is 0 Å². The summed E-state index contributed by atoms with van der Waals surface area (Å²) in [5.41, 5.74) is 2.38. The monoisotopic (exact) mass is 399 g/mol. The van der Waals surface area contributed by atoms with Gasteiger partial charge in [-0.15, -0.1) is 0 Å². The fourth-order valence-electron chi connectivity index (χ4n) is 2.16. The molecule has 0 aromatic heterocycles. The number of halogens is 3. The van der Waals surface area contributed by atoms with Crippen molar-refractivity contribution in [2.45, 2.75) is 20.0 Å². The molecule has 10 heteroatoms. The summed E-state index contributed by atoms with van der Waals surface area (Å²) in [5.74, 6) is -0.293. The number of aryl methyl sites for hydroxylation is 2. The SMILES string of the molecule is Cc1ccc(C)c(NC(=S)Nc2cc(OCC(F)(F)F)cc([N+](=O)[O-])c2)c1. The van der Waals surface area contributed by atoms with E-state index in [1.807, 2.05) is 32.0 Å². The number of nitro benzene ring substituents is 1. The number of alkyl halides is 3. The highest BCUT2D eigenvalue weighted by Crippen LogP contribution is 2.28. The predicted octanol–water partition coefficient (Wildman–Crippen LogP) is 4.96. The van der Waals surface area contributed by atoms with Crippen LogP contribution < -0.4 is 15.4 Å². The number of nitrogens with one attached hydrogen (secondary N) is 2. The minimum atomic E-state index is -4.56. The summed E-state index contributed by atoms with van der Waals surface area (Å²) >= 11 is 5.18. The normalized spacial score (nSPS) is 11.0. The molecule has 0 aliphatic heterocycles. The number of nitrogens with zero attached hydrogens (tertiary/aromatic N) is 1. The van der Waals surface area contributed by atoms with Crippen LogP contribution in [0.5, 0.6) is 5.75 Å². The number of ether oxygens (including phenoxy) is 1. The van der Waals surface area contributed by atoms with E-state index in [1.165, 1.54) is 6.07 Å². The quantitative estimate of drug-likeness (QED) is 0.420. The molecule has 0 amide bonds. The maximum atomic E-state index is 12.3. The molecule has 0 saturated carbocycles. The predicted molar refractivity (Wildman–Crippen MR) is 100 cm³/mol. The third kappa shape index (κ3) is 6.41. The van der Waals surface area contributed by atoms with E-state index in [1.54, 1.807) is 0 Å². The van der Waals surface area contributed by atoms with Crippen LogP contribution in [0.25, 0.3) is 0 Å². The summed E-state index contributed by atoms with van der Waals surface area (Å²) < 4.78 is 41.6. The van der Waals surface area contributed by atoms with Crippen molar-refractivity contribution in [2.75, 3.05) is 17.2 Å². The largest absolute Gasteiger partial charge is 0.484 e. The maximum absolute atomic E-state index is 12.3. The molecule has 0 saturated heterocycles. The van der Waals surface area contributed by atoms with Gasteiger partial charge in [0.25, 0.3) is 5.69 Å². The molecule has 6 nitrogen and oxygen atoms in total. The molecule has 0 unspecified atom stereocenters. The summed E-state index contributed by atoms with van der Waals surface area (Å²) in [7, 11) is 0. The summed E-state index contributed by atoms with van der Waals surface area (Å²) in [5, 5.41) is 16.8. The van der Waals surface area contributed by atoms with E-state index in [0.29, 0.717) is 0 Å². The van der Waals surface area contributed by atoms with Gasteiger partial charge in [0.05, 0.1) is 16.7 Å².